The average molecular weight is 219 g/mol. The molecule has 0 bridgehead atoms. The summed E-state index contributed by atoms with van der Waals surface area (Å²) < 4.78 is 5.64. The summed E-state index contributed by atoms with van der Waals surface area (Å²) in [5.74, 6) is 0.215. The summed E-state index contributed by atoms with van der Waals surface area (Å²) >= 11 is 0. The van der Waals surface area contributed by atoms with Crippen molar-refractivity contribution in [1.82, 2.24) is 10.3 Å². The smallest absolute Gasteiger partial charge is 0.298 e. The molecular formula is C11H13N3O2. The first-order chi connectivity index (χ1) is 7.83. The predicted octanol–water partition coefficient (Wildman–Crippen LogP) is 0.943. The van der Waals surface area contributed by atoms with Crippen molar-refractivity contribution in [2.24, 2.45) is 0 Å². The molecule has 5 heteroatoms. The van der Waals surface area contributed by atoms with Crippen LogP contribution in [-0.4, -0.2) is 36.3 Å². The molecule has 0 atom stereocenters. The van der Waals surface area contributed by atoms with Gasteiger partial charge in [-0.15, -0.1) is 0 Å². The highest BCUT2D eigenvalue weighted by molar-refractivity contribution is 5.76. The Morgan fingerprint density at radius 3 is 2.94 bits per heavy atom. The van der Waals surface area contributed by atoms with E-state index in [1.807, 2.05) is 0 Å². The highest BCUT2D eigenvalue weighted by atomic mass is 16.4. The number of nitrogens with one attached hydrogen (secondary N) is 1. The lowest BCUT2D eigenvalue weighted by Gasteiger charge is -2.25. The molecule has 1 aliphatic rings. The van der Waals surface area contributed by atoms with E-state index in [9.17, 15) is 5.11 Å². The molecule has 1 aliphatic heterocycles. The molecule has 2 aromatic rings. The van der Waals surface area contributed by atoms with Gasteiger partial charge in [-0.3, -0.25) is 0 Å². The average Bonchev–Trinajstić information content (AvgIpc) is 2.73. The van der Waals surface area contributed by atoms with Crippen molar-refractivity contribution in [3.05, 3.63) is 18.2 Å². The molecule has 1 fully saturated rings. The predicted molar refractivity (Wildman–Crippen MR) is 60.8 cm³/mol. The summed E-state index contributed by atoms with van der Waals surface area (Å²) in [4.78, 5) is 6.47. The van der Waals surface area contributed by atoms with E-state index in [-0.39, 0.29) is 5.75 Å². The number of aromatic nitrogens is 1. The second kappa shape index (κ2) is 3.68. The zero-order valence-electron chi connectivity index (χ0n) is 8.81. The molecule has 0 unspecified atom stereocenters. The molecule has 84 valence electrons. The maximum Gasteiger partial charge on any atom is 0.298 e. The molecule has 16 heavy (non-hydrogen) atoms. The van der Waals surface area contributed by atoms with Gasteiger partial charge in [-0.1, -0.05) is 0 Å². The number of piperazine rings is 1. The van der Waals surface area contributed by atoms with Crippen LogP contribution in [0.4, 0.5) is 6.01 Å². The third kappa shape index (κ3) is 1.59. The summed E-state index contributed by atoms with van der Waals surface area (Å²) in [6, 6.07) is 5.60. The van der Waals surface area contributed by atoms with Gasteiger partial charge in [0.05, 0.1) is 0 Å². The van der Waals surface area contributed by atoms with Gasteiger partial charge in [-0.05, 0) is 12.1 Å². The molecule has 2 heterocycles. The lowest BCUT2D eigenvalue weighted by atomic mass is 10.3. The number of hydrogen-bond donors (Lipinski definition) is 2. The Morgan fingerprint density at radius 1 is 1.31 bits per heavy atom. The quantitative estimate of drug-likeness (QED) is 0.747. The molecule has 3 rings (SSSR count). The lowest BCUT2D eigenvalue weighted by Crippen LogP contribution is -2.43. The van der Waals surface area contributed by atoms with Crippen LogP contribution >= 0.6 is 0 Å². The summed E-state index contributed by atoms with van der Waals surface area (Å²) in [6.07, 6.45) is 0. The van der Waals surface area contributed by atoms with Crippen LogP contribution in [-0.2, 0) is 0 Å². The van der Waals surface area contributed by atoms with Crippen LogP contribution in [0, 0.1) is 0 Å². The van der Waals surface area contributed by atoms with E-state index in [1.54, 1.807) is 18.2 Å². The zero-order chi connectivity index (χ0) is 11.0. The fourth-order valence-corrected chi connectivity index (χ4v) is 1.90. The third-order valence-electron chi connectivity index (χ3n) is 2.75. The monoisotopic (exact) mass is 219 g/mol. The van der Waals surface area contributed by atoms with Gasteiger partial charge in [0.1, 0.15) is 11.3 Å². The van der Waals surface area contributed by atoms with Gasteiger partial charge < -0.3 is 19.7 Å². The number of rotatable bonds is 1. The van der Waals surface area contributed by atoms with Crippen molar-refractivity contribution in [2.75, 3.05) is 31.1 Å². The molecule has 0 amide bonds. The summed E-state index contributed by atoms with van der Waals surface area (Å²) in [6.45, 7) is 3.70. The van der Waals surface area contributed by atoms with Crippen molar-refractivity contribution in [1.29, 1.82) is 0 Å². The van der Waals surface area contributed by atoms with Crippen LogP contribution in [0.5, 0.6) is 5.75 Å². The Kier molecular flexibility index (Phi) is 2.18. The lowest BCUT2D eigenvalue weighted by molar-refractivity contribution is 0.475. The number of hydrogen-bond acceptors (Lipinski definition) is 5. The van der Waals surface area contributed by atoms with E-state index in [0.717, 1.165) is 26.2 Å². The fourth-order valence-electron chi connectivity index (χ4n) is 1.90. The topological polar surface area (TPSA) is 61.5 Å². The third-order valence-corrected chi connectivity index (χ3v) is 2.75. The van der Waals surface area contributed by atoms with Gasteiger partial charge in [-0.25, -0.2) is 0 Å². The minimum Gasteiger partial charge on any atom is -0.508 e. The van der Waals surface area contributed by atoms with Crippen molar-refractivity contribution >= 4 is 17.1 Å². The summed E-state index contributed by atoms with van der Waals surface area (Å²) in [5, 5.41) is 12.6. The van der Waals surface area contributed by atoms with E-state index in [2.05, 4.69) is 15.2 Å². The molecule has 0 saturated carbocycles. The highest BCUT2D eigenvalue weighted by Crippen LogP contribution is 2.24. The normalized spacial score (nSPS) is 16.9. The van der Waals surface area contributed by atoms with E-state index >= 15 is 0 Å². The number of nitrogens with zero attached hydrogens (tertiary/aromatic N) is 2. The zero-order valence-corrected chi connectivity index (χ0v) is 8.81. The Bertz CT molecular complexity index is 503. The van der Waals surface area contributed by atoms with Gasteiger partial charge in [0.25, 0.3) is 6.01 Å². The first-order valence-electron chi connectivity index (χ1n) is 5.38. The van der Waals surface area contributed by atoms with Gasteiger partial charge in [-0.2, -0.15) is 4.98 Å². The van der Waals surface area contributed by atoms with Crippen LogP contribution in [0.25, 0.3) is 11.1 Å². The Morgan fingerprint density at radius 2 is 2.12 bits per heavy atom. The van der Waals surface area contributed by atoms with E-state index < -0.39 is 0 Å². The van der Waals surface area contributed by atoms with Crippen molar-refractivity contribution < 1.29 is 9.52 Å². The summed E-state index contributed by atoms with van der Waals surface area (Å²) in [7, 11) is 0. The van der Waals surface area contributed by atoms with E-state index in [1.165, 1.54) is 0 Å². The number of oxazole rings is 1. The fraction of sp³-hybridized carbons (Fsp3) is 0.364. The molecule has 0 aliphatic carbocycles. The second-order valence-corrected chi connectivity index (χ2v) is 3.89. The molecule has 0 spiro atoms. The highest BCUT2D eigenvalue weighted by Gasteiger charge is 2.16. The minimum atomic E-state index is 0.215. The summed E-state index contributed by atoms with van der Waals surface area (Å²) in [5.41, 5.74) is 1.42. The Labute approximate surface area is 92.7 Å². The van der Waals surface area contributed by atoms with Gasteiger partial charge in [0, 0.05) is 32.2 Å². The molecular weight excluding hydrogens is 206 g/mol. The van der Waals surface area contributed by atoms with Crippen LogP contribution in [0.15, 0.2) is 22.6 Å². The minimum absolute atomic E-state index is 0.215. The standard InChI is InChI=1S/C11H13N3O2/c15-8-1-2-10-9(7-8)13-11(16-10)14-5-3-12-4-6-14/h1-2,7,12,15H,3-6H2. The molecule has 1 saturated heterocycles. The van der Waals surface area contributed by atoms with Crippen molar-refractivity contribution in [3.8, 4) is 5.75 Å². The maximum absolute atomic E-state index is 9.34. The van der Waals surface area contributed by atoms with Crippen LogP contribution in [0.3, 0.4) is 0 Å². The second-order valence-electron chi connectivity index (χ2n) is 3.89. The van der Waals surface area contributed by atoms with Crippen LogP contribution in [0.2, 0.25) is 0 Å². The van der Waals surface area contributed by atoms with Gasteiger partial charge in [0.2, 0.25) is 0 Å². The Hall–Kier alpha value is -1.75. The maximum atomic E-state index is 9.34. The first kappa shape index (κ1) is 9.47. The number of aromatic hydroxyl groups is 1. The molecule has 5 nitrogen and oxygen atoms in total. The number of anilines is 1. The number of fused-ring (bicyclic) bond motifs is 1. The van der Waals surface area contributed by atoms with Crippen molar-refractivity contribution in [2.45, 2.75) is 0 Å². The number of phenolic OH excluding ortho intramolecular Hbond substituents is 1. The van der Waals surface area contributed by atoms with Crippen LogP contribution < -0.4 is 10.2 Å². The van der Waals surface area contributed by atoms with Crippen molar-refractivity contribution in [3.63, 3.8) is 0 Å². The number of benzene rings is 1. The van der Waals surface area contributed by atoms with E-state index in [0.29, 0.717) is 17.1 Å². The molecule has 0 radical (unpaired) electrons. The molecule has 1 aromatic carbocycles. The number of phenols is 1. The Balaban J connectivity index is 1.97. The molecule has 1 aromatic heterocycles. The SMILES string of the molecule is Oc1ccc2oc(N3CCNCC3)nc2c1. The van der Waals surface area contributed by atoms with E-state index in [4.69, 9.17) is 4.42 Å². The largest absolute Gasteiger partial charge is 0.508 e. The van der Waals surface area contributed by atoms with Gasteiger partial charge >= 0.3 is 0 Å². The molecule has 2 N–H and O–H groups in total. The van der Waals surface area contributed by atoms with Gasteiger partial charge in [0.15, 0.2) is 5.58 Å². The van der Waals surface area contributed by atoms with Crippen LogP contribution in [0.1, 0.15) is 0 Å². The first-order valence-corrected chi connectivity index (χ1v) is 5.38.